The molecule has 0 spiro atoms. The first-order valence-corrected chi connectivity index (χ1v) is 9.68. The van der Waals surface area contributed by atoms with Gasteiger partial charge in [0.25, 0.3) is 0 Å². The highest BCUT2D eigenvalue weighted by atomic mass is 35.5. The van der Waals surface area contributed by atoms with Gasteiger partial charge in [-0.1, -0.05) is 35.9 Å². The number of thiophene rings is 1. The van der Waals surface area contributed by atoms with Crippen molar-refractivity contribution in [2.24, 2.45) is 0 Å². The minimum Gasteiger partial charge on any atom is -0.326 e. The smallest absolute Gasteiger partial charge is 0.229 e. The number of para-hydroxylation sites is 1. The first kappa shape index (κ1) is 16.3. The Labute approximate surface area is 157 Å². The molecule has 6 heteroatoms. The van der Waals surface area contributed by atoms with Crippen molar-refractivity contribution in [3.8, 4) is 10.6 Å². The van der Waals surface area contributed by atoms with Gasteiger partial charge >= 0.3 is 0 Å². The first-order valence-electron chi connectivity index (χ1n) is 7.67. The molecule has 4 rings (SSSR count). The van der Waals surface area contributed by atoms with E-state index in [1.807, 2.05) is 54.6 Å². The van der Waals surface area contributed by atoms with Crippen LogP contribution in [0.25, 0.3) is 20.8 Å². The van der Waals surface area contributed by atoms with E-state index in [2.05, 4.69) is 16.4 Å². The molecule has 2 aromatic carbocycles. The summed E-state index contributed by atoms with van der Waals surface area (Å²) in [7, 11) is 0. The molecule has 0 fully saturated rings. The van der Waals surface area contributed by atoms with Crippen LogP contribution in [0.3, 0.4) is 0 Å². The van der Waals surface area contributed by atoms with E-state index in [0.29, 0.717) is 10.8 Å². The zero-order valence-corrected chi connectivity index (χ0v) is 15.4. The van der Waals surface area contributed by atoms with Gasteiger partial charge in [-0.3, -0.25) is 4.79 Å². The molecule has 0 aliphatic rings. The van der Waals surface area contributed by atoms with Crippen molar-refractivity contribution in [1.82, 2.24) is 4.98 Å². The van der Waals surface area contributed by atoms with E-state index in [0.717, 1.165) is 31.4 Å². The molecule has 2 heterocycles. The Hall–Kier alpha value is -2.21. The third-order valence-corrected chi connectivity index (χ3v) is 5.97. The van der Waals surface area contributed by atoms with Gasteiger partial charge in [-0.2, -0.15) is 0 Å². The fraction of sp³-hybridized carbons (Fsp3) is 0.0526. The van der Waals surface area contributed by atoms with Crippen molar-refractivity contribution in [2.75, 3.05) is 5.32 Å². The first-order chi connectivity index (χ1) is 12.2. The summed E-state index contributed by atoms with van der Waals surface area (Å²) in [6, 6.07) is 19.5. The van der Waals surface area contributed by atoms with E-state index < -0.39 is 0 Å². The molecule has 0 aliphatic carbocycles. The summed E-state index contributed by atoms with van der Waals surface area (Å²) in [5, 5.41) is 3.89. The van der Waals surface area contributed by atoms with Crippen LogP contribution in [-0.4, -0.2) is 10.9 Å². The number of fused-ring (bicyclic) bond motifs is 1. The summed E-state index contributed by atoms with van der Waals surface area (Å²) in [4.78, 5) is 17.8. The van der Waals surface area contributed by atoms with E-state index >= 15 is 0 Å². The van der Waals surface area contributed by atoms with Crippen LogP contribution < -0.4 is 5.32 Å². The second-order valence-corrected chi connectivity index (χ2v) is 8.33. The minimum absolute atomic E-state index is 0.0556. The van der Waals surface area contributed by atoms with E-state index in [9.17, 15) is 4.79 Å². The summed E-state index contributed by atoms with van der Waals surface area (Å²) in [6.07, 6.45) is 0.322. The number of amides is 1. The molecule has 3 nitrogen and oxygen atoms in total. The van der Waals surface area contributed by atoms with Gasteiger partial charge in [0, 0.05) is 16.1 Å². The second-order valence-electron chi connectivity index (χ2n) is 5.50. The number of carbonyl (C=O) groups excluding carboxylic acids is 1. The molecule has 0 radical (unpaired) electrons. The largest absolute Gasteiger partial charge is 0.326 e. The average Bonchev–Trinajstić information content (AvgIpc) is 3.21. The van der Waals surface area contributed by atoms with Gasteiger partial charge in [0.1, 0.15) is 5.01 Å². The molecular formula is C19H13ClN2OS2. The molecule has 124 valence electrons. The summed E-state index contributed by atoms with van der Waals surface area (Å²) < 4.78 is 1.85. The van der Waals surface area contributed by atoms with Crippen molar-refractivity contribution >= 4 is 56.1 Å². The standard InChI is InChI=1S/C19H13ClN2OS2/c20-17-9-8-14(24-17)11-18(23)21-13-5-3-4-12(10-13)19-22-15-6-1-2-7-16(15)25-19/h1-10H,11H2,(H,21,23). The molecule has 0 unspecified atom stereocenters. The number of thiazole rings is 1. The Balaban J connectivity index is 1.53. The monoisotopic (exact) mass is 384 g/mol. The topological polar surface area (TPSA) is 42.0 Å². The van der Waals surface area contributed by atoms with Crippen LogP contribution >= 0.6 is 34.3 Å². The number of anilines is 1. The fourth-order valence-corrected chi connectivity index (χ4v) is 4.58. The Morgan fingerprint density at radius 2 is 1.92 bits per heavy atom. The number of hydrogen-bond acceptors (Lipinski definition) is 4. The van der Waals surface area contributed by atoms with Gasteiger partial charge in [-0.05, 0) is 36.4 Å². The van der Waals surface area contributed by atoms with Gasteiger partial charge in [-0.25, -0.2) is 4.98 Å². The molecule has 0 bridgehead atoms. The molecule has 4 aromatic rings. The predicted molar refractivity (Wildman–Crippen MR) is 107 cm³/mol. The lowest BCUT2D eigenvalue weighted by molar-refractivity contribution is -0.115. The van der Waals surface area contributed by atoms with Crippen LogP contribution in [0.4, 0.5) is 5.69 Å². The Morgan fingerprint density at radius 3 is 2.72 bits per heavy atom. The predicted octanol–water partition coefficient (Wildman–Crippen LogP) is 5.86. The third-order valence-electron chi connectivity index (χ3n) is 3.65. The van der Waals surface area contributed by atoms with Gasteiger partial charge in [0.2, 0.25) is 5.91 Å². The SMILES string of the molecule is O=C(Cc1ccc(Cl)s1)Nc1cccc(-c2nc3ccccc3s2)c1. The van der Waals surface area contributed by atoms with E-state index in [1.165, 1.54) is 11.3 Å². The molecule has 2 aromatic heterocycles. The van der Waals surface area contributed by atoms with Crippen LogP contribution in [0.2, 0.25) is 4.34 Å². The lowest BCUT2D eigenvalue weighted by atomic mass is 10.2. The second kappa shape index (κ2) is 6.96. The van der Waals surface area contributed by atoms with E-state index in [1.54, 1.807) is 11.3 Å². The number of halogens is 1. The summed E-state index contributed by atoms with van der Waals surface area (Å²) in [5.41, 5.74) is 2.76. The van der Waals surface area contributed by atoms with Gasteiger partial charge in [-0.15, -0.1) is 22.7 Å². The Bertz CT molecular complexity index is 1020. The third kappa shape index (κ3) is 3.74. The van der Waals surface area contributed by atoms with Crippen molar-refractivity contribution in [3.05, 3.63) is 69.9 Å². The Morgan fingerprint density at radius 1 is 1.04 bits per heavy atom. The molecule has 0 saturated carbocycles. The van der Waals surface area contributed by atoms with Crippen LogP contribution in [0, 0.1) is 0 Å². The van der Waals surface area contributed by atoms with Gasteiger partial charge < -0.3 is 5.32 Å². The zero-order chi connectivity index (χ0) is 17.2. The average molecular weight is 385 g/mol. The lowest BCUT2D eigenvalue weighted by Crippen LogP contribution is -2.13. The number of nitrogens with zero attached hydrogens (tertiary/aromatic N) is 1. The van der Waals surface area contributed by atoms with Crippen molar-refractivity contribution in [2.45, 2.75) is 6.42 Å². The number of aromatic nitrogens is 1. The van der Waals surface area contributed by atoms with Crippen molar-refractivity contribution in [3.63, 3.8) is 0 Å². The normalized spacial score (nSPS) is 10.9. The van der Waals surface area contributed by atoms with E-state index in [4.69, 9.17) is 11.6 Å². The van der Waals surface area contributed by atoms with Crippen LogP contribution in [-0.2, 0) is 11.2 Å². The molecule has 1 N–H and O–H groups in total. The highest BCUT2D eigenvalue weighted by Gasteiger charge is 2.09. The van der Waals surface area contributed by atoms with E-state index in [-0.39, 0.29) is 5.91 Å². The maximum Gasteiger partial charge on any atom is 0.229 e. The number of hydrogen-bond donors (Lipinski definition) is 1. The fourth-order valence-electron chi connectivity index (χ4n) is 2.54. The minimum atomic E-state index is -0.0556. The van der Waals surface area contributed by atoms with Crippen LogP contribution in [0.5, 0.6) is 0 Å². The molecule has 0 saturated heterocycles. The van der Waals surface area contributed by atoms with Crippen LogP contribution in [0.15, 0.2) is 60.7 Å². The zero-order valence-electron chi connectivity index (χ0n) is 13.0. The maximum absolute atomic E-state index is 12.2. The molecule has 1 amide bonds. The van der Waals surface area contributed by atoms with Gasteiger partial charge in [0.05, 0.1) is 21.0 Å². The maximum atomic E-state index is 12.2. The number of benzene rings is 2. The highest BCUT2D eigenvalue weighted by Crippen LogP contribution is 2.31. The summed E-state index contributed by atoms with van der Waals surface area (Å²) in [5.74, 6) is -0.0556. The molecule has 0 atom stereocenters. The van der Waals surface area contributed by atoms with Crippen molar-refractivity contribution in [1.29, 1.82) is 0 Å². The highest BCUT2D eigenvalue weighted by molar-refractivity contribution is 7.21. The lowest BCUT2D eigenvalue weighted by Gasteiger charge is -2.05. The van der Waals surface area contributed by atoms with Gasteiger partial charge in [0.15, 0.2) is 0 Å². The molecular weight excluding hydrogens is 372 g/mol. The van der Waals surface area contributed by atoms with Crippen molar-refractivity contribution < 1.29 is 4.79 Å². The summed E-state index contributed by atoms with van der Waals surface area (Å²) in [6.45, 7) is 0. The quantitative estimate of drug-likeness (QED) is 0.478. The Kier molecular flexibility index (Phi) is 4.53. The number of nitrogens with one attached hydrogen (secondary N) is 1. The van der Waals surface area contributed by atoms with Crippen LogP contribution in [0.1, 0.15) is 4.88 Å². The summed E-state index contributed by atoms with van der Waals surface area (Å²) >= 11 is 8.98. The molecule has 0 aliphatic heterocycles. The molecule has 25 heavy (non-hydrogen) atoms. The number of carbonyl (C=O) groups is 1. The number of rotatable bonds is 4.